The number of halogens is 2. The number of anilines is 1. The number of aromatic nitrogens is 3. The Morgan fingerprint density at radius 3 is 2.63 bits per heavy atom. The molecule has 6 nitrogen and oxygen atoms in total. The minimum absolute atomic E-state index is 0.139. The van der Waals surface area contributed by atoms with E-state index >= 15 is 0 Å². The van der Waals surface area contributed by atoms with Gasteiger partial charge in [0.15, 0.2) is 11.0 Å². The first-order valence-corrected chi connectivity index (χ1v) is 11.5. The Morgan fingerprint density at radius 2 is 1.97 bits per heavy atom. The van der Waals surface area contributed by atoms with Gasteiger partial charge in [0.25, 0.3) is 0 Å². The third-order valence-electron chi connectivity index (χ3n) is 4.38. The van der Waals surface area contributed by atoms with Crippen LogP contribution in [0.25, 0.3) is 0 Å². The molecule has 1 amide bonds. The monoisotopic (exact) mass is 508 g/mol. The second kappa shape index (κ2) is 10.3. The highest BCUT2D eigenvalue weighted by Gasteiger charge is 2.13. The third-order valence-corrected chi connectivity index (χ3v) is 6.61. The van der Waals surface area contributed by atoms with Crippen LogP contribution in [0.4, 0.5) is 5.69 Å². The fraction of sp³-hybridized carbons (Fsp3) is 0.286. The summed E-state index contributed by atoms with van der Waals surface area (Å²) in [6.07, 6.45) is 0. The second-order valence-electron chi connectivity index (χ2n) is 6.94. The zero-order chi connectivity index (χ0) is 21.7. The van der Waals surface area contributed by atoms with E-state index in [1.165, 1.54) is 17.3 Å². The van der Waals surface area contributed by atoms with Crippen molar-refractivity contribution in [1.29, 1.82) is 0 Å². The van der Waals surface area contributed by atoms with Crippen LogP contribution in [-0.4, -0.2) is 26.4 Å². The van der Waals surface area contributed by atoms with Gasteiger partial charge in [0.2, 0.25) is 5.91 Å². The van der Waals surface area contributed by atoms with Crippen molar-refractivity contribution in [2.45, 2.75) is 31.5 Å². The van der Waals surface area contributed by atoms with Crippen LogP contribution >= 0.6 is 39.3 Å². The van der Waals surface area contributed by atoms with Crippen molar-refractivity contribution >= 4 is 50.9 Å². The maximum atomic E-state index is 12.2. The summed E-state index contributed by atoms with van der Waals surface area (Å²) in [5.74, 6) is 2.03. The molecule has 3 aromatic rings. The summed E-state index contributed by atoms with van der Waals surface area (Å²) >= 11 is 10.6. The molecule has 0 aliphatic heterocycles. The molecule has 0 radical (unpaired) electrons. The number of carbonyl (C=O) groups excluding carboxylic acids is 1. The van der Waals surface area contributed by atoms with Crippen LogP contribution in [0.5, 0.6) is 5.75 Å². The van der Waals surface area contributed by atoms with Gasteiger partial charge >= 0.3 is 0 Å². The fourth-order valence-corrected chi connectivity index (χ4v) is 3.82. The molecule has 0 bridgehead atoms. The van der Waals surface area contributed by atoms with Crippen LogP contribution < -0.4 is 10.1 Å². The first kappa shape index (κ1) is 22.7. The Balaban J connectivity index is 1.52. The lowest BCUT2D eigenvalue weighted by molar-refractivity contribution is -0.113. The zero-order valence-electron chi connectivity index (χ0n) is 16.9. The number of thioether (sulfide) groups is 1. The maximum Gasteiger partial charge on any atom is 0.234 e. The van der Waals surface area contributed by atoms with E-state index in [4.69, 9.17) is 16.3 Å². The van der Waals surface area contributed by atoms with Crippen LogP contribution in [0.1, 0.15) is 31.2 Å². The van der Waals surface area contributed by atoms with Gasteiger partial charge in [0, 0.05) is 17.2 Å². The van der Waals surface area contributed by atoms with Gasteiger partial charge in [-0.3, -0.25) is 4.79 Å². The van der Waals surface area contributed by atoms with Crippen LogP contribution in [0.2, 0.25) is 5.02 Å². The number of nitrogens with one attached hydrogen (secondary N) is 1. The molecule has 0 aliphatic carbocycles. The number of carbonyl (C=O) groups is 1. The molecular weight excluding hydrogens is 488 g/mol. The summed E-state index contributed by atoms with van der Waals surface area (Å²) in [5.41, 5.74) is 1.94. The molecule has 158 valence electrons. The topological polar surface area (TPSA) is 69.0 Å². The van der Waals surface area contributed by atoms with Crippen molar-refractivity contribution < 1.29 is 9.53 Å². The molecule has 1 aromatic heterocycles. The first-order valence-electron chi connectivity index (χ1n) is 9.32. The third kappa shape index (κ3) is 6.00. The highest BCUT2D eigenvalue weighted by molar-refractivity contribution is 9.10. The lowest BCUT2D eigenvalue weighted by atomic mass is 10.0. The summed E-state index contributed by atoms with van der Waals surface area (Å²) in [4.78, 5) is 12.2. The van der Waals surface area contributed by atoms with Crippen molar-refractivity contribution in [2.24, 2.45) is 7.05 Å². The van der Waals surface area contributed by atoms with Gasteiger partial charge in [-0.15, -0.1) is 10.2 Å². The van der Waals surface area contributed by atoms with E-state index in [1.54, 1.807) is 18.2 Å². The van der Waals surface area contributed by atoms with Crippen LogP contribution in [0.3, 0.4) is 0 Å². The molecule has 30 heavy (non-hydrogen) atoms. The van der Waals surface area contributed by atoms with Crippen molar-refractivity contribution in [3.63, 3.8) is 0 Å². The Hall–Kier alpha value is -2.03. The van der Waals surface area contributed by atoms with E-state index in [9.17, 15) is 4.79 Å². The second-order valence-corrected chi connectivity index (χ2v) is 9.14. The smallest absolute Gasteiger partial charge is 0.234 e. The van der Waals surface area contributed by atoms with Gasteiger partial charge < -0.3 is 14.6 Å². The van der Waals surface area contributed by atoms with Gasteiger partial charge in [-0.1, -0.05) is 49.3 Å². The van der Waals surface area contributed by atoms with E-state index in [1.807, 2.05) is 23.7 Å². The molecule has 0 atom stereocenters. The largest absolute Gasteiger partial charge is 0.486 e. The highest BCUT2D eigenvalue weighted by Crippen LogP contribution is 2.26. The Bertz CT molecular complexity index is 1020. The summed E-state index contributed by atoms with van der Waals surface area (Å²) in [6.45, 7) is 4.61. The van der Waals surface area contributed by atoms with Crippen molar-refractivity contribution in [2.75, 3.05) is 11.1 Å². The Labute approximate surface area is 193 Å². The predicted molar refractivity (Wildman–Crippen MR) is 124 cm³/mol. The molecule has 0 aliphatic rings. The molecule has 2 aromatic carbocycles. The summed E-state index contributed by atoms with van der Waals surface area (Å²) < 4.78 is 8.38. The zero-order valence-corrected chi connectivity index (χ0v) is 20.0. The average Bonchev–Trinajstić information content (AvgIpc) is 3.07. The first-order chi connectivity index (χ1) is 14.3. The summed E-state index contributed by atoms with van der Waals surface area (Å²) in [7, 11) is 1.86. The normalized spacial score (nSPS) is 11.0. The molecule has 1 heterocycles. The molecule has 0 saturated carbocycles. The summed E-state index contributed by atoms with van der Waals surface area (Å²) in [5, 5.41) is 12.4. The molecule has 0 saturated heterocycles. The molecule has 0 unspecified atom stereocenters. The van der Waals surface area contributed by atoms with Gasteiger partial charge in [0.05, 0.1) is 10.8 Å². The van der Waals surface area contributed by atoms with E-state index in [-0.39, 0.29) is 11.7 Å². The van der Waals surface area contributed by atoms with E-state index in [2.05, 4.69) is 57.4 Å². The minimum atomic E-state index is -0.139. The van der Waals surface area contributed by atoms with Gasteiger partial charge in [-0.05, 0) is 57.7 Å². The Morgan fingerprint density at radius 1 is 1.23 bits per heavy atom. The molecule has 0 fully saturated rings. The summed E-state index contributed by atoms with van der Waals surface area (Å²) in [6, 6.07) is 13.3. The standard InChI is InChI=1S/C21H22BrClN4O2S/c1-13(2)14-4-7-16(8-5-14)29-11-19-25-26-21(27(19)3)30-12-20(28)24-15-6-9-18(23)17(22)10-15/h4-10,13H,11-12H2,1-3H3,(H,24,28). The predicted octanol–water partition coefficient (Wildman–Crippen LogP) is 5.66. The lowest BCUT2D eigenvalue weighted by Gasteiger charge is -2.09. The van der Waals surface area contributed by atoms with Crippen molar-refractivity contribution in [3.05, 3.63) is 63.3 Å². The van der Waals surface area contributed by atoms with E-state index in [0.717, 1.165) is 10.2 Å². The number of ether oxygens (including phenoxy) is 1. The van der Waals surface area contributed by atoms with Crippen LogP contribution in [0, 0.1) is 0 Å². The number of benzene rings is 2. The van der Waals surface area contributed by atoms with Gasteiger partial charge in [-0.25, -0.2) is 0 Å². The van der Waals surface area contributed by atoms with Gasteiger partial charge in [0.1, 0.15) is 12.4 Å². The van der Waals surface area contributed by atoms with Crippen molar-refractivity contribution in [1.82, 2.24) is 14.8 Å². The number of nitrogens with zero attached hydrogens (tertiary/aromatic N) is 3. The average molecular weight is 510 g/mol. The number of rotatable bonds is 8. The van der Waals surface area contributed by atoms with Gasteiger partial charge in [-0.2, -0.15) is 0 Å². The highest BCUT2D eigenvalue weighted by atomic mass is 79.9. The Kier molecular flexibility index (Phi) is 7.80. The maximum absolute atomic E-state index is 12.2. The molecular formula is C21H22BrClN4O2S. The van der Waals surface area contributed by atoms with Crippen LogP contribution in [-0.2, 0) is 18.4 Å². The minimum Gasteiger partial charge on any atom is -0.486 e. The number of hydrogen-bond acceptors (Lipinski definition) is 5. The quantitative estimate of drug-likeness (QED) is 0.397. The molecule has 9 heteroatoms. The van der Waals surface area contributed by atoms with Crippen molar-refractivity contribution in [3.8, 4) is 5.75 Å². The SMILES string of the molecule is CC(C)c1ccc(OCc2nnc(SCC(=O)Nc3ccc(Cl)c(Br)c3)n2C)cc1. The molecule has 3 rings (SSSR count). The molecule has 1 N–H and O–H groups in total. The van der Waals surface area contributed by atoms with E-state index < -0.39 is 0 Å². The van der Waals surface area contributed by atoms with Crippen LogP contribution in [0.15, 0.2) is 52.1 Å². The number of hydrogen-bond donors (Lipinski definition) is 1. The molecule has 0 spiro atoms. The fourth-order valence-electron chi connectivity index (χ4n) is 2.59. The lowest BCUT2D eigenvalue weighted by Crippen LogP contribution is -2.14. The van der Waals surface area contributed by atoms with E-state index in [0.29, 0.717) is 34.2 Å². The number of amides is 1.